The number of rotatable bonds is 6. The Morgan fingerprint density at radius 1 is 1.21 bits per heavy atom. The van der Waals surface area contributed by atoms with Gasteiger partial charge in [0.15, 0.2) is 0 Å². The molecule has 0 spiro atoms. The lowest BCUT2D eigenvalue weighted by atomic mass is 9.94. The Labute approximate surface area is 124 Å². The van der Waals surface area contributed by atoms with Crippen LogP contribution in [0.4, 0.5) is 0 Å². The van der Waals surface area contributed by atoms with Gasteiger partial charge < -0.3 is 10.5 Å². The molecular formula is C15H23BrN2O. The van der Waals surface area contributed by atoms with E-state index in [1.165, 1.54) is 32.4 Å². The first-order valence-electron chi connectivity index (χ1n) is 7.08. The van der Waals surface area contributed by atoms with Gasteiger partial charge in [-0.3, -0.25) is 4.90 Å². The average molecular weight is 327 g/mol. The van der Waals surface area contributed by atoms with Crippen molar-refractivity contribution in [2.24, 2.45) is 11.7 Å². The summed E-state index contributed by atoms with van der Waals surface area (Å²) in [6.45, 7) is 4.99. The predicted octanol–water partition coefficient (Wildman–Crippen LogP) is 2.89. The van der Waals surface area contributed by atoms with Gasteiger partial charge in [-0.25, -0.2) is 0 Å². The minimum atomic E-state index is 0.767. The highest BCUT2D eigenvalue weighted by atomic mass is 79.9. The molecule has 1 aliphatic heterocycles. The maximum absolute atomic E-state index is 5.76. The molecule has 1 saturated heterocycles. The van der Waals surface area contributed by atoms with Crippen LogP contribution in [0.5, 0.6) is 5.75 Å². The summed E-state index contributed by atoms with van der Waals surface area (Å²) in [5.41, 5.74) is 5.61. The molecule has 0 aliphatic carbocycles. The number of ether oxygens (including phenoxy) is 1. The van der Waals surface area contributed by atoms with Crippen molar-refractivity contribution in [2.75, 3.05) is 32.8 Å². The lowest BCUT2D eigenvalue weighted by Gasteiger charge is -2.31. The number of piperidine rings is 1. The normalized spacial score (nSPS) is 17.6. The number of nitrogens with two attached hydrogens (primary N) is 1. The van der Waals surface area contributed by atoms with E-state index in [2.05, 4.69) is 20.8 Å². The molecule has 0 bridgehead atoms. The molecule has 0 amide bonds. The second kappa shape index (κ2) is 7.88. The smallest absolute Gasteiger partial charge is 0.119 e. The van der Waals surface area contributed by atoms with E-state index in [9.17, 15) is 0 Å². The Bertz CT molecular complexity index is 361. The van der Waals surface area contributed by atoms with E-state index >= 15 is 0 Å². The van der Waals surface area contributed by atoms with Gasteiger partial charge in [-0.1, -0.05) is 15.9 Å². The Morgan fingerprint density at radius 2 is 1.89 bits per heavy atom. The maximum Gasteiger partial charge on any atom is 0.119 e. The van der Waals surface area contributed by atoms with Crippen molar-refractivity contribution >= 4 is 15.9 Å². The second-order valence-corrected chi connectivity index (χ2v) is 6.08. The highest BCUT2D eigenvalue weighted by Gasteiger charge is 2.18. The zero-order chi connectivity index (χ0) is 13.5. The fourth-order valence-electron chi connectivity index (χ4n) is 2.56. The van der Waals surface area contributed by atoms with Crippen LogP contribution in [0, 0.1) is 5.92 Å². The number of hydrogen-bond acceptors (Lipinski definition) is 3. The van der Waals surface area contributed by atoms with Crippen LogP contribution in [0.3, 0.4) is 0 Å². The Morgan fingerprint density at radius 3 is 2.53 bits per heavy atom. The number of halogens is 1. The summed E-state index contributed by atoms with van der Waals surface area (Å²) < 4.78 is 6.84. The van der Waals surface area contributed by atoms with Gasteiger partial charge in [-0.2, -0.15) is 0 Å². The molecule has 1 aliphatic rings. The summed E-state index contributed by atoms with van der Waals surface area (Å²) >= 11 is 3.42. The van der Waals surface area contributed by atoms with Crippen LogP contribution in [-0.4, -0.2) is 37.7 Å². The van der Waals surface area contributed by atoms with E-state index in [1.807, 2.05) is 24.3 Å². The number of nitrogens with zero attached hydrogens (tertiary/aromatic N) is 1. The molecule has 0 saturated carbocycles. The first kappa shape index (κ1) is 14.8. The Kier molecular flexibility index (Phi) is 6.14. The Hall–Kier alpha value is -0.580. The molecule has 1 aromatic rings. The van der Waals surface area contributed by atoms with Gasteiger partial charge in [0.25, 0.3) is 0 Å². The van der Waals surface area contributed by atoms with Crippen LogP contribution in [0.2, 0.25) is 0 Å². The monoisotopic (exact) mass is 326 g/mol. The summed E-state index contributed by atoms with van der Waals surface area (Å²) in [5.74, 6) is 1.79. The van der Waals surface area contributed by atoms with Crippen molar-refractivity contribution in [3.63, 3.8) is 0 Å². The van der Waals surface area contributed by atoms with Gasteiger partial charge in [0.05, 0.1) is 0 Å². The van der Waals surface area contributed by atoms with Gasteiger partial charge in [-0.05, 0) is 69.1 Å². The molecular weight excluding hydrogens is 304 g/mol. The van der Waals surface area contributed by atoms with Crippen molar-refractivity contribution < 1.29 is 4.74 Å². The minimum absolute atomic E-state index is 0.767. The van der Waals surface area contributed by atoms with E-state index < -0.39 is 0 Å². The number of benzene rings is 1. The lowest BCUT2D eigenvalue weighted by Crippen LogP contribution is -2.36. The minimum Gasteiger partial charge on any atom is -0.492 e. The SMILES string of the molecule is NCCC1CCN(CCOc2ccc(Br)cc2)CC1. The zero-order valence-electron chi connectivity index (χ0n) is 11.4. The van der Waals surface area contributed by atoms with Crippen LogP contribution >= 0.6 is 15.9 Å². The third-order valence-corrected chi connectivity index (χ3v) is 4.30. The third kappa shape index (κ3) is 5.13. The highest BCUT2D eigenvalue weighted by molar-refractivity contribution is 9.10. The average Bonchev–Trinajstić information content (AvgIpc) is 2.43. The first-order chi connectivity index (χ1) is 9.28. The fraction of sp³-hybridized carbons (Fsp3) is 0.600. The van der Waals surface area contributed by atoms with Crippen LogP contribution in [0.1, 0.15) is 19.3 Å². The van der Waals surface area contributed by atoms with Crippen molar-refractivity contribution in [3.05, 3.63) is 28.7 Å². The molecule has 106 valence electrons. The van der Waals surface area contributed by atoms with Gasteiger partial charge in [0.2, 0.25) is 0 Å². The molecule has 19 heavy (non-hydrogen) atoms. The van der Waals surface area contributed by atoms with E-state index in [-0.39, 0.29) is 0 Å². The maximum atomic E-state index is 5.76. The molecule has 1 heterocycles. The van der Waals surface area contributed by atoms with E-state index in [0.717, 1.165) is 35.8 Å². The summed E-state index contributed by atoms with van der Waals surface area (Å²) in [7, 11) is 0. The molecule has 1 fully saturated rings. The van der Waals surface area contributed by atoms with Gasteiger partial charge in [0.1, 0.15) is 12.4 Å². The molecule has 0 radical (unpaired) electrons. The Balaban J connectivity index is 1.63. The standard InChI is InChI=1S/C15H23BrN2O/c16-14-1-3-15(4-2-14)19-12-11-18-9-6-13(5-8-17)7-10-18/h1-4,13H,5-12,17H2. The largest absolute Gasteiger partial charge is 0.492 e. The van der Waals surface area contributed by atoms with Crippen LogP contribution in [0.25, 0.3) is 0 Å². The molecule has 4 heteroatoms. The van der Waals surface area contributed by atoms with Crippen molar-refractivity contribution in [2.45, 2.75) is 19.3 Å². The van der Waals surface area contributed by atoms with Crippen LogP contribution in [-0.2, 0) is 0 Å². The molecule has 2 rings (SSSR count). The molecule has 0 unspecified atom stereocenters. The quantitative estimate of drug-likeness (QED) is 0.873. The highest BCUT2D eigenvalue weighted by Crippen LogP contribution is 2.20. The van der Waals surface area contributed by atoms with Crippen LogP contribution < -0.4 is 10.5 Å². The van der Waals surface area contributed by atoms with Crippen molar-refractivity contribution in [1.29, 1.82) is 0 Å². The number of hydrogen-bond donors (Lipinski definition) is 1. The van der Waals surface area contributed by atoms with Gasteiger partial charge in [-0.15, -0.1) is 0 Å². The van der Waals surface area contributed by atoms with E-state index in [1.54, 1.807) is 0 Å². The van der Waals surface area contributed by atoms with Crippen molar-refractivity contribution in [1.82, 2.24) is 4.90 Å². The molecule has 0 atom stereocenters. The molecule has 3 nitrogen and oxygen atoms in total. The third-order valence-electron chi connectivity index (χ3n) is 3.77. The van der Waals surface area contributed by atoms with Crippen molar-refractivity contribution in [3.8, 4) is 5.75 Å². The van der Waals surface area contributed by atoms with Gasteiger partial charge >= 0.3 is 0 Å². The molecule has 1 aromatic carbocycles. The summed E-state index contributed by atoms with van der Waals surface area (Å²) in [6, 6.07) is 8.01. The molecule has 2 N–H and O–H groups in total. The van der Waals surface area contributed by atoms with Gasteiger partial charge in [0, 0.05) is 11.0 Å². The number of likely N-dealkylation sites (tertiary alicyclic amines) is 1. The lowest BCUT2D eigenvalue weighted by molar-refractivity contribution is 0.152. The second-order valence-electron chi connectivity index (χ2n) is 5.16. The predicted molar refractivity (Wildman–Crippen MR) is 82.5 cm³/mol. The summed E-state index contributed by atoms with van der Waals surface area (Å²) in [4.78, 5) is 2.49. The van der Waals surface area contributed by atoms with E-state index in [4.69, 9.17) is 10.5 Å². The fourth-order valence-corrected chi connectivity index (χ4v) is 2.82. The summed E-state index contributed by atoms with van der Waals surface area (Å²) in [6.07, 6.45) is 3.76. The topological polar surface area (TPSA) is 38.5 Å². The summed E-state index contributed by atoms with van der Waals surface area (Å²) in [5, 5.41) is 0. The van der Waals surface area contributed by atoms with E-state index in [0.29, 0.717) is 0 Å². The van der Waals surface area contributed by atoms with Crippen LogP contribution in [0.15, 0.2) is 28.7 Å². The first-order valence-corrected chi connectivity index (χ1v) is 7.88. The zero-order valence-corrected chi connectivity index (χ0v) is 12.9. The molecule has 0 aromatic heterocycles.